The molecule has 3 rings (SSSR count). The van der Waals surface area contributed by atoms with E-state index in [1.165, 1.54) is 19.3 Å². The highest BCUT2D eigenvalue weighted by Gasteiger charge is 2.34. The number of benzene rings is 1. The molecule has 1 atom stereocenters. The summed E-state index contributed by atoms with van der Waals surface area (Å²) < 4.78 is 19.0. The van der Waals surface area contributed by atoms with Gasteiger partial charge in [-0.3, -0.25) is 4.79 Å². The van der Waals surface area contributed by atoms with Crippen LogP contribution in [0.1, 0.15) is 88.7 Å². The molecule has 6 nitrogen and oxygen atoms in total. The minimum Gasteiger partial charge on any atom is -0.493 e. The van der Waals surface area contributed by atoms with Crippen LogP contribution in [0.25, 0.3) is 11.3 Å². The summed E-state index contributed by atoms with van der Waals surface area (Å²) in [6.45, 7) is 11.3. The molecule has 1 aromatic carbocycles. The van der Waals surface area contributed by atoms with Crippen LogP contribution in [-0.4, -0.2) is 30.9 Å². The number of esters is 1. The van der Waals surface area contributed by atoms with E-state index < -0.39 is 5.97 Å². The fourth-order valence-electron chi connectivity index (χ4n) is 4.59. The molecule has 1 aromatic heterocycles. The van der Waals surface area contributed by atoms with Gasteiger partial charge in [-0.1, -0.05) is 53.4 Å². The van der Waals surface area contributed by atoms with Gasteiger partial charge in [0.1, 0.15) is 5.56 Å². The number of hydrogen-bond acceptors (Lipinski definition) is 5. The summed E-state index contributed by atoms with van der Waals surface area (Å²) >= 11 is 0. The molecule has 0 aliphatic carbocycles. The Balaban J connectivity index is 2.01. The number of ether oxygens (including phenoxy) is 3. The van der Waals surface area contributed by atoms with Gasteiger partial charge in [0.05, 0.1) is 26.0 Å². The number of fused-ring (bicyclic) bond motifs is 3. The topological polar surface area (TPSA) is 66.8 Å². The van der Waals surface area contributed by atoms with Crippen molar-refractivity contribution in [2.45, 2.75) is 79.2 Å². The van der Waals surface area contributed by atoms with Crippen molar-refractivity contribution in [3.8, 4) is 22.8 Å². The van der Waals surface area contributed by atoms with Gasteiger partial charge < -0.3 is 18.8 Å². The Bertz CT molecular complexity index is 1060. The van der Waals surface area contributed by atoms with E-state index in [2.05, 4.69) is 38.3 Å². The molecule has 1 aliphatic rings. The Labute approximate surface area is 203 Å². The molecule has 1 unspecified atom stereocenters. The van der Waals surface area contributed by atoms with Crippen LogP contribution in [-0.2, 0) is 11.2 Å². The number of carbonyl (C=O) groups excluding carboxylic acids is 1. The van der Waals surface area contributed by atoms with Crippen molar-refractivity contribution in [3.63, 3.8) is 0 Å². The van der Waals surface area contributed by atoms with Crippen LogP contribution in [0, 0.1) is 5.41 Å². The van der Waals surface area contributed by atoms with Gasteiger partial charge in [-0.15, -0.1) is 0 Å². The van der Waals surface area contributed by atoms with Crippen LogP contribution in [0.3, 0.4) is 0 Å². The van der Waals surface area contributed by atoms with E-state index in [0.717, 1.165) is 41.8 Å². The molecule has 0 fully saturated rings. The number of carbonyl (C=O) groups is 1. The van der Waals surface area contributed by atoms with Gasteiger partial charge in [0.2, 0.25) is 0 Å². The lowest BCUT2D eigenvalue weighted by Gasteiger charge is -2.39. The number of pyridine rings is 1. The number of unbranched alkanes of at least 4 members (excludes halogenated alkanes) is 4. The Hall–Kier alpha value is -2.76. The molecule has 6 heteroatoms. The van der Waals surface area contributed by atoms with Crippen molar-refractivity contribution in [1.82, 2.24) is 4.57 Å². The van der Waals surface area contributed by atoms with Gasteiger partial charge in [0.15, 0.2) is 16.9 Å². The average Bonchev–Trinajstić information content (AvgIpc) is 2.79. The zero-order valence-corrected chi connectivity index (χ0v) is 21.5. The Kier molecular flexibility index (Phi) is 8.45. The molecule has 2 heterocycles. The quantitative estimate of drug-likeness (QED) is 0.306. The fraction of sp³-hybridized carbons (Fsp3) is 0.571. The molecule has 0 spiro atoms. The summed E-state index contributed by atoms with van der Waals surface area (Å²) in [6, 6.07) is 5.62. The molecular weight excluding hydrogens is 430 g/mol. The lowest BCUT2D eigenvalue weighted by atomic mass is 9.78. The van der Waals surface area contributed by atoms with Crippen molar-refractivity contribution < 1.29 is 19.0 Å². The maximum absolute atomic E-state index is 12.9. The smallest absolute Gasteiger partial charge is 0.343 e. The van der Waals surface area contributed by atoms with E-state index in [9.17, 15) is 9.59 Å². The first kappa shape index (κ1) is 25.9. The van der Waals surface area contributed by atoms with Crippen LogP contribution in [0.4, 0.5) is 0 Å². The first-order chi connectivity index (χ1) is 16.2. The monoisotopic (exact) mass is 469 g/mol. The van der Waals surface area contributed by atoms with Gasteiger partial charge in [0.25, 0.3) is 0 Å². The first-order valence-corrected chi connectivity index (χ1v) is 12.5. The first-order valence-electron chi connectivity index (χ1n) is 12.5. The van der Waals surface area contributed by atoms with Crippen LogP contribution in [0.5, 0.6) is 11.5 Å². The number of aromatic nitrogens is 1. The predicted molar refractivity (Wildman–Crippen MR) is 135 cm³/mol. The SMILES string of the molecule is CCCCCCCOc1cc2c(cc1OC)-c1cc(=O)c(C(=O)OCC)cn1C(C(C)(C)C)C2. The van der Waals surface area contributed by atoms with Crippen LogP contribution < -0.4 is 14.9 Å². The summed E-state index contributed by atoms with van der Waals surface area (Å²) in [4.78, 5) is 25.3. The molecule has 0 amide bonds. The second-order valence-electron chi connectivity index (χ2n) is 10.1. The molecule has 0 bridgehead atoms. The molecule has 1 aliphatic heterocycles. The zero-order chi connectivity index (χ0) is 24.9. The molecule has 0 N–H and O–H groups in total. The highest BCUT2D eigenvalue weighted by molar-refractivity contribution is 5.89. The van der Waals surface area contributed by atoms with Crippen LogP contribution >= 0.6 is 0 Å². The molecular formula is C28H39NO5. The highest BCUT2D eigenvalue weighted by atomic mass is 16.5. The maximum Gasteiger partial charge on any atom is 0.343 e. The minimum atomic E-state index is -0.582. The average molecular weight is 470 g/mol. The van der Waals surface area contributed by atoms with Gasteiger partial charge in [-0.25, -0.2) is 4.79 Å². The second kappa shape index (κ2) is 11.1. The third kappa shape index (κ3) is 5.65. The largest absolute Gasteiger partial charge is 0.493 e. The van der Waals surface area contributed by atoms with E-state index in [1.807, 2.05) is 6.07 Å². The minimum absolute atomic E-state index is 0.0547. The van der Waals surface area contributed by atoms with Crippen molar-refractivity contribution in [2.24, 2.45) is 5.41 Å². The van der Waals surface area contributed by atoms with Gasteiger partial charge in [-0.05, 0) is 42.9 Å². The lowest BCUT2D eigenvalue weighted by molar-refractivity contribution is 0.0523. The second-order valence-corrected chi connectivity index (χ2v) is 10.1. The van der Waals surface area contributed by atoms with E-state index >= 15 is 0 Å². The van der Waals surface area contributed by atoms with Crippen LogP contribution in [0.15, 0.2) is 29.2 Å². The number of nitrogens with zero attached hydrogens (tertiary/aromatic N) is 1. The standard InChI is InChI=1S/C28H39NO5/c1-7-9-10-11-12-13-34-25-14-19-15-26(28(3,4)5)29-18-21(27(31)33-8-2)23(30)17-22(29)20(19)16-24(25)32-6/h14,16-18,26H,7-13,15H2,1-6H3. The lowest BCUT2D eigenvalue weighted by Crippen LogP contribution is -2.33. The normalized spacial score (nSPS) is 14.8. The summed E-state index contributed by atoms with van der Waals surface area (Å²) in [7, 11) is 1.63. The van der Waals surface area contributed by atoms with Gasteiger partial charge >= 0.3 is 5.97 Å². The molecule has 34 heavy (non-hydrogen) atoms. The summed E-state index contributed by atoms with van der Waals surface area (Å²) in [5, 5.41) is 0. The zero-order valence-electron chi connectivity index (χ0n) is 21.5. The van der Waals surface area contributed by atoms with Gasteiger partial charge in [-0.2, -0.15) is 0 Å². The van der Waals surface area contributed by atoms with E-state index in [1.54, 1.807) is 26.3 Å². The maximum atomic E-state index is 12.9. The molecule has 2 aromatic rings. The number of rotatable bonds is 10. The Morgan fingerprint density at radius 3 is 2.44 bits per heavy atom. The van der Waals surface area contributed by atoms with E-state index in [-0.39, 0.29) is 29.1 Å². The summed E-state index contributed by atoms with van der Waals surface area (Å²) in [5.74, 6) is 0.805. The van der Waals surface area contributed by atoms with Crippen molar-refractivity contribution in [2.75, 3.05) is 20.3 Å². The summed E-state index contributed by atoms with van der Waals surface area (Å²) in [6.07, 6.45) is 8.31. The van der Waals surface area contributed by atoms with E-state index in [0.29, 0.717) is 12.4 Å². The molecule has 0 saturated carbocycles. The predicted octanol–water partition coefficient (Wildman–Crippen LogP) is 6.19. The fourth-order valence-corrected chi connectivity index (χ4v) is 4.59. The molecule has 0 radical (unpaired) electrons. The Morgan fingerprint density at radius 1 is 1.06 bits per heavy atom. The third-order valence-corrected chi connectivity index (χ3v) is 6.49. The number of methoxy groups -OCH3 is 1. The Morgan fingerprint density at radius 2 is 1.79 bits per heavy atom. The van der Waals surface area contributed by atoms with Crippen molar-refractivity contribution in [1.29, 1.82) is 0 Å². The third-order valence-electron chi connectivity index (χ3n) is 6.49. The van der Waals surface area contributed by atoms with Crippen molar-refractivity contribution >= 4 is 5.97 Å². The van der Waals surface area contributed by atoms with Gasteiger partial charge in [0, 0.05) is 23.9 Å². The molecule has 0 saturated heterocycles. The summed E-state index contributed by atoms with van der Waals surface area (Å²) in [5.41, 5.74) is 2.46. The van der Waals surface area contributed by atoms with E-state index in [4.69, 9.17) is 14.2 Å². The number of hydrogen-bond donors (Lipinski definition) is 0. The van der Waals surface area contributed by atoms with Crippen molar-refractivity contribution in [3.05, 3.63) is 45.7 Å². The highest BCUT2D eigenvalue weighted by Crippen LogP contribution is 2.45. The van der Waals surface area contributed by atoms with Crippen LogP contribution in [0.2, 0.25) is 0 Å². The molecule has 186 valence electrons.